The molecule has 0 radical (unpaired) electrons. The van der Waals surface area contributed by atoms with Crippen LogP contribution in [0.15, 0.2) is 12.1 Å². The highest BCUT2D eigenvalue weighted by atomic mass is 35.5. The number of hydrogen-bond donors (Lipinski definition) is 1. The normalized spacial score (nSPS) is 23.1. The van der Waals surface area contributed by atoms with E-state index in [1.54, 1.807) is 6.92 Å². The zero-order chi connectivity index (χ0) is 13.3. The second kappa shape index (κ2) is 5.24. The number of benzene rings is 1. The molecule has 2 rings (SSSR count). The summed E-state index contributed by atoms with van der Waals surface area (Å²) in [4.78, 5) is 12.0. The standard InChI is InChI=1S/C13H15ClFNO2/c1-7-5-6-18-12(7)13(17)16-11-8(2)10(15)4-3-9(11)14/h3-4,7,12H,5-6H2,1-2H3,(H,16,17)/t7-,12+/m1/s1. The molecule has 1 N–H and O–H groups in total. The smallest absolute Gasteiger partial charge is 0.253 e. The van der Waals surface area contributed by atoms with Crippen molar-refractivity contribution in [3.05, 3.63) is 28.5 Å². The van der Waals surface area contributed by atoms with Crippen molar-refractivity contribution >= 4 is 23.2 Å². The lowest BCUT2D eigenvalue weighted by Gasteiger charge is -2.16. The summed E-state index contributed by atoms with van der Waals surface area (Å²) in [6.45, 7) is 4.11. The van der Waals surface area contributed by atoms with Crippen LogP contribution in [-0.4, -0.2) is 18.6 Å². The third-order valence-corrected chi connectivity index (χ3v) is 3.56. The largest absolute Gasteiger partial charge is 0.368 e. The van der Waals surface area contributed by atoms with Crippen LogP contribution in [0, 0.1) is 18.7 Å². The number of nitrogens with one attached hydrogen (secondary N) is 1. The lowest BCUT2D eigenvalue weighted by atomic mass is 10.0. The third-order valence-electron chi connectivity index (χ3n) is 3.24. The van der Waals surface area contributed by atoms with Gasteiger partial charge in [-0.05, 0) is 31.4 Å². The van der Waals surface area contributed by atoms with Crippen LogP contribution in [0.3, 0.4) is 0 Å². The highest BCUT2D eigenvalue weighted by Gasteiger charge is 2.31. The fourth-order valence-electron chi connectivity index (χ4n) is 2.03. The summed E-state index contributed by atoms with van der Waals surface area (Å²) in [6.07, 6.45) is 0.372. The quantitative estimate of drug-likeness (QED) is 0.897. The number of hydrogen-bond acceptors (Lipinski definition) is 2. The van der Waals surface area contributed by atoms with Gasteiger partial charge in [0.05, 0.1) is 10.7 Å². The van der Waals surface area contributed by atoms with Gasteiger partial charge in [0, 0.05) is 12.2 Å². The lowest BCUT2D eigenvalue weighted by molar-refractivity contribution is -0.126. The van der Waals surface area contributed by atoms with Gasteiger partial charge in [-0.15, -0.1) is 0 Å². The topological polar surface area (TPSA) is 38.3 Å². The minimum atomic E-state index is -0.483. The SMILES string of the molecule is Cc1c(F)ccc(Cl)c1NC(=O)[C@H]1OCC[C@H]1C. The Kier molecular flexibility index (Phi) is 3.88. The number of ether oxygens (including phenoxy) is 1. The van der Waals surface area contributed by atoms with Crippen molar-refractivity contribution in [1.29, 1.82) is 0 Å². The maximum atomic E-state index is 13.4. The fourth-order valence-corrected chi connectivity index (χ4v) is 2.28. The van der Waals surface area contributed by atoms with Crippen LogP contribution < -0.4 is 5.32 Å². The first-order valence-corrected chi connectivity index (χ1v) is 6.25. The molecule has 0 saturated carbocycles. The van der Waals surface area contributed by atoms with Gasteiger partial charge in [-0.25, -0.2) is 4.39 Å². The summed E-state index contributed by atoms with van der Waals surface area (Å²) in [7, 11) is 0. The van der Waals surface area contributed by atoms with Crippen molar-refractivity contribution in [2.45, 2.75) is 26.4 Å². The molecule has 1 aliphatic heterocycles. The first-order chi connectivity index (χ1) is 8.50. The zero-order valence-electron chi connectivity index (χ0n) is 10.3. The maximum absolute atomic E-state index is 13.4. The summed E-state index contributed by atoms with van der Waals surface area (Å²) in [6, 6.07) is 2.71. The van der Waals surface area contributed by atoms with Crippen LogP contribution in [-0.2, 0) is 9.53 Å². The van der Waals surface area contributed by atoms with Crippen molar-refractivity contribution < 1.29 is 13.9 Å². The maximum Gasteiger partial charge on any atom is 0.253 e. The molecule has 1 saturated heterocycles. The van der Waals surface area contributed by atoms with Gasteiger partial charge < -0.3 is 10.1 Å². The highest BCUT2D eigenvalue weighted by molar-refractivity contribution is 6.34. The minimum absolute atomic E-state index is 0.164. The van der Waals surface area contributed by atoms with Crippen LogP contribution in [0.5, 0.6) is 0 Å². The van der Waals surface area contributed by atoms with Gasteiger partial charge in [-0.3, -0.25) is 4.79 Å². The molecule has 98 valence electrons. The minimum Gasteiger partial charge on any atom is -0.368 e. The lowest BCUT2D eigenvalue weighted by Crippen LogP contribution is -2.31. The summed E-state index contributed by atoms with van der Waals surface area (Å²) in [5.41, 5.74) is 0.658. The van der Waals surface area contributed by atoms with Crippen LogP contribution in [0.1, 0.15) is 18.9 Å². The van der Waals surface area contributed by atoms with E-state index in [2.05, 4.69) is 5.32 Å². The van der Waals surface area contributed by atoms with Crippen LogP contribution in [0.25, 0.3) is 0 Å². The molecule has 0 aliphatic carbocycles. The molecule has 0 bridgehead atoms. The average molecular weight is 272 g/mol. The second-order valence-corrected chi connectivity index (χ2v) is 4.98. The number of halogens is 2. The van der Waals surface area contributed by atoms with Gasteiger partial charge in [0.1, 0.15) is 11.9 Å². The Morgan fingerprint density at radius 1 is 1.56 bits per heavy atom. The molecule has 0 spiro atoms. The third kappa shape index (κ3) is 2.49. The molecule has 1 aromatic carbocycles. The molecule has 1 heterocycles. The van der Waals surface area contributed by atoms with Crippen molar-refractivity contribution in [1.82, 2.24) is 0 Å². The Morgan fingerprint density at radius 3 is 2.89 bits per heavy atom. The highest BCUT2D eigenvalue weighted by Crippen LogP contribution is 2.29. The van der Waals surface area contributed by atoms with E-state index in [0.29, 0.717) is 22.9 Å². The van der Waals surface area contributed by atoms with Crippen LogP contribution in [0.2, 0.25) is 5.02 Å². The molecule has 5 heteroatoms. The van der Waals surface area contributed by atoms with E-state index in [1.807, 2.05) is 6.92 Å². The Balaban J connectivity index is 2.19. The summed E-state index contributed by atoms with van der Waals surface area (Å²) < 4.78 is 18.8. The van der Waals surface area contributed by atoms with Gasteiger partial charge >= 0.3 is 0 Å². The van der Waals surface area contributed by atoms with E-state index in [9.17, 15) is 9.18 Å². The summed E-state index contributed by atoms with van der Waals surface area (Å²) in [5.74, 6) is -0.497. The van der Waals surface area contributed by atoms with Crippen molar-refractivity contribution in [2.75, 3.05) is 11.9 Å². The van der Waals surface area contributed by atoms with E-state index >= 15 is 0 Å². The first kappa shape index (κ1) is 13.3. The number of carbonyl (C=O) groups is 1. The molecule has 3 nitrogen and oxygen atoms in total. The van der Waals surface area contributed by atoms with Gasteiger partial charge in [0.25, 0.3) is 5.91 Å². The number of amides is 1. The van der Waals surface area contributed by atoms with E-state index in [0.717, 1.165) is 6.42 Å². The molecular formula is C13H15ClFNO2. The average Bonchev–Trinajstić information content (AvgIpc) is 2.76. The van der Waals surface area contributed by atoms with Crippen molar-refractivity contribution in [3.8, 4) is 0 Å². The molecule has 18 heavy (non-hydrogen) atoms. The van der Waals surface area contributed by atoms with E-state index < -0.39 is 11.9 Å². The number of rotatable bonds is 2. The van der Waals surface area contributed by atoms with Crippen LogP contribution in [0.4, 0.5) is 10.1 Å². The Bertz CT molecular complexity index is 478. The molecule has 0 unspecified atom stereocenters. The number of anilines is 1. The van der Waals surface area contributed by atoms with Gasteiger partial charge in [0.15, 0.2) is 0 Å². The van der Waals surface area contributed by atoms with Crippen molar-refractivity contribution in [3.63, 3.8) is 0 Å². The van der Waals surface area contributed by atoms with E-state index in [1.165, 1.54) is 12.1 Å². The van der Waals surface area contributed by atoms with Gasteiger partial charge in [-0.2, -0.15) is 0 Å². The molecule has 1 aromatic rings. The Labute approximate surface area is 110 Å². The predicted octanol–water partition coefficient (Wildman–Crippen LogP) is 3.15. The van der Waals surface area contributed by atoms with Crippen LogP contribution >= 0.6 is 11.6 Å². The Morgan fingerprint density at radius 2 is 2.28 bits per heavy atom. The van der Waals surface area contributed by atoms with Crippen molar-refractivity contribution in [2.24, 2.45) is 5.92 Å². The van der Waals surface area contributed by atoms with Gasteiger partial charge in [-0.1, -0.05) is 18.5 Å². The molecule has 0 aromatic heterocycles. The molecule has 1 aliphatic rings. The Hall–Kier alpha value is -1.13. The number of carbonyl (C=O) groups excluding carboxylic acids is 1. The predicted molar refractivity (Wildman–Crippen MR) is 68.3 cm³/mol. The first-order valence-electron chi connectivity index (χ1n) is 5.87. The van der Waals surface area contributed by atoms with E-state index in [4.69, 9.17) is 16.3 Å². The fraction of sp³-hybridized carbons (Fsp3) is 0.462. The summed E-state index contributed by atoms with van der Waals surface area (Å²) in [5, 5.41) is 2.98. The monoisotopic (exact) mass is 271 g/mol. The molecule has 1 amide bonds. The zero-order valence-corrected chi connectivity index (χ0v) is 11.1. The second-order valence-electron chi connectivity index (χ2n) is 4.58. The van der Waals surface area contributed by atoms with E-state index in [-0.39, 0.29) is 11.8 Å². The molecular weight excluding hydrogens is 257 g/mol. The molecule has 2 atom stereocenters. The molecule has 1 fully saturated rings. The summed E-state index contributed by atoms with van der Waals surface area (Å²) >= 11 is 5.97. The van der Waals surface area contributed by atoms with Gasteiger partial charge in [0.2, 0.25) is 0 Å².